The van der Waals surface area contributed by atoms with E-state index >= 15 is 0 Å². The molecule has 0 aliphatic rings. The van der Waals surface area contributed by atoms with Gasteiger partial charge in [0.2, 0.25) is 0 Å². The highest BCUT2D eigenvalue weighted by Crippen LogP contribution is 2.30. The van der Waals surface area contributed by atoms with Crippen LogP contribution in [0.25, 0.3) is 0 Å². The van der Waals surface area contributed by atoms with Crippen molar-refractivity contribution < 1.29 is 43.0 Å². The van der Waals surface area contributed by atoms with Crippen LogP contribution in [0, 0.1) is 23.7 Å². The van der Waals surface area contributed by atoms with Gasteiger partial charge in [0.1, 0.15) is 26.1 Å². The first kappa shape index (κ1) is 37.5. The maximum Gasteiger partial charge on any atom is 0.146 e. The lowest BCUT2D eigenvalue weighted by Gasteiger charge is -2.36. The fourth-order valence-corrected chi connectivity index (χ4v) is 5.17. The molecule has 0 fully saturated rings. The van der Waals surface area contributed by atoms with E-state index in [9.17, 15) is 5.11 Å². The molecule has 0 bridgehead atoms. The van der Waals surface area contributed by atoms with Crippen LogP contribution < -0.4 is 4.74 Å². The van der Waals surface area contributed by atoms with Gasteiger partial charge in [0.15, 0.2) is 0 Å². The largest absolute Gasteiger partial charge is 0.497 e. The molecule has 238 valence electrons. The molecule has 1 aromatic carbocycles. The van der Waals surface area contributed by atoms with Crippen LogP contribution in [-0.2, 0) is 39.8 Å². The van der Waals surface area contributed by atoms with Crippen LogP contribution in [0.3, 0.4) is 0 Å². The Hall–Kier alpha value is -1.56. The van der Waals surface area contributed by atoms with Crippen LogP contribution in [-0.4, -0.2) is 84.9 Å². The zero-order valence-corrected chi connectivity index (χ0v) is 26.6. The van der Waals surface area contributed by atoms with Crippen LogP contribution in [0.15, 0.2) is 36.9 Å². The molecule has 0 unspecified atom stereocenters. The quantitative estimate of drug-likeness (QED) is 0.0916. The summed E-state index contributed by atoms with van der Waals surface area (Å²) in [4.78, 5) is 0. The van der Waals surface area contributed by atoms with Gasteiger partial charge in [-0.15, -0.1) is 6.58 Å². The molecule has 0 aliphatic heterocycles. The van der Waals surface area contributed by atoms with E-state index in [2.05, 4.69) is 27.4 Å². The van der Waals surface area contributed by atoms with Crippen LogP contribution in [0.2, 0.25) is 0 Å². The highest BCUT2D eigenvalue weighted by Gasteiger charge is 2.34. The van der Waals surface area contributed by atoms with E-state index in [1.165, 1.54) is 0 Å². The summed E-state index contributed by atoms with van der Waals surface area (Å²) in [5.74, 6) is 1.08. The average Bonchev–Trinajstić information content (AvgIpc) is 2.99. The molecule has 1 aromatic rings. The van der Waals surface area contributed by atoms with E-state index in [4.69, 9.17) is 37.9 Å². The van der Waals surface area contributed by atoms with Crippen molar-refractivity contribution in [3.63, 3.8) is 0 Å². The van der Waals surface area contributed by atoms with Gasteiger partial charge >= 0.3 is 0 Å². The van der Waals surface area contributed by atoms with E-state index in [1.54, 1.807) is 34.5 Å². The molecule has 0 radical (unpaired) electrons. The summed E-state index contributed by atoms with van der Waals surface area (Å²) in [6, 6.07) is 7.90. The highest BCUT2D eigenvalue weighted by atomic mass is 16.7. The molecule has 41 heavy (non-hydrogen) atoms. The summed E-state index contributed by atoms with van der Waals surface area (Å²) in [7, 11) is 6.51. The van der Waals surface area contributed by atoms with Gasteiger partial charge in [-0.25, -0.2) is 0 Å². The van der Waals surface area contributed by atoms with Crippen molar-refractivity contribution >= 4 is 0 Å². The molecule has 0 saturated carbocycles. The molecule has 0 spiro atoms. The predicted octanol–water partition coefficient (Wildman–Crippen LogP) is 5.44. The molecule has 0 heterocycles. The molecule has 0 aromatic heterocycles. The van der Waals surface area contributed by atoms with Crippen molar-refractivity contribution in [1.82, 2.24) is 0 Å². The summed E-state index contributed by atoms with van der Waals surface area (Å²) in [6.45, 7) is 13.9. The second-order valence-corrected chi connectivity index (χ2v) is 10.9. The predicted molar refractivity (Wildman–Crippen MR) is 160 cm³/mol. The Kier molecular flexibility index (Phi) is 20.1. The molecular weight excluding hydrogens is 528 g/mol. The van der Waals surface area contributed by atoms with Crippen molar-refractivity contribution in [2.24, 2.45) is 23.7 Å². The molecule has 0 aliphatic carbocycles. The fraction of sp³-hybridized carbons (Fsp3) is 0.750. The van der Waals surface area contributed by atoms with Crippen LogP contribution in [0.5, 0.6) is 5.75 Å². The third-order valence-corrected chi connectivity index (χ3v) is 7.73. The summed E-state index contributed by atoms with van der Waals surface area (Å²) in [5, 5.41) is 10.4. The van der Waals surface area contributed by atoms with Crippen molar-refractivity contribution in [1.29, 1.82) is 0 Å². The summed E-state index contributed by atoms with van der Waals surface area (Å²) < 4.78 is 45.3. The topological polar surface area (TPSA) is 94.1 Å². The number of aliphatic hydroxyl groups is 1. The maximum absolute atomic E-state index is 10.4. The Morgan fingerprint density at radius 1 is 0.732 bits per heavy atom. The van der Waals surface area contributed by atoms with Crippen molar-refractivity contribution in [3.8, 4) is 5.75 Å². The minimum atomic E-state index is -0.668. The Balaban J connectivity index is 2.85. The number of hydrogen-bond donors (Lipinski definition) is 1. The van der Waals surface area contributed by atoms with Gasteiger partial charge in [-0.05, 0) is 48.8 Å². The highest BCUT2D eigenvalue weighted by molar-refractivity contribution is 5.26. The standard InChI is InChI=1S/C32H56O9/c1-10-29(33)25(4)31(40-21-35-7)23(2)11-16-30(39-20-34-6)26(5)32(41-22-36-8)24(3)17-18-38-19-27-12-14-28(37-9)15-13-27/h10,12-15,23-26,29-33H,1,11,16-22H2,2-9H3/t23-,24+,25+,26-,29-,30+,31-,32+/m0/s1. The normalized spacial score (nSPS) is 17.7. The molecular formula is C32H56O9. The molecule has 9 heteroatoms. The number of ether oxygens (including phenoxy) is 8. The zero-order chi connectivity index (χ0) is 30.6. The summed E-state index contributed by atoms with van der Waals surface area (Å²) in [6.07, 6.45) is 2.85. The van der Waals surface area contributed by atoms with Gasteiger partial charge in [0.05, 0.1) is 38.1 Å². The molecule has 1 rings (SSSR count). The first-order valence-corrected chi connectivity index (χ1v) is 14.6. The second-order valence-electron chi connectivity index (χ2n) is 10.9. The van der Waals surface area contributed by atoms with Gasteiger partial charge in [0, 0.05) is 39.8 Å². The number of rotatable bonds is 25. The third kappa shape index (κ3) is 14.0. The van der Waals surface area contributed by atoms with Gasteiger partial charge in [-0.1, -0.05) is 45.9 Å². The van der Waals surface area contributed by atoms with Crippen LogP contribution in [0.1, 0.15) is 52.5 Å². The van der Waals surface area contributed by atoms with E-state index < -0.39 is 6.10 Å². The smallest absolute Gasteiger partial charge is 0.146 e. The van der Waals surface area contributed by atoms with Crippen LogP contribution >= 0.6 is 0 Å². The number of methoxy groups -OCH3 is 4. The number of hydrogen-bond acceptors (Lipinski definition) is 9. The van der Waals surface area contributed by atoms with E-state index in [0.29, 0.717) is 13.2 Å². The van der Waals surface area contributed by atoms with Crippen molar-refractivity contribution in [2.75, 3.05) is 55.4 Å². The Bertz CT molecular complexity index is 775. The van der Waals surface area contributed by atoms with Gasteiger partial charge < -0.3 is 43.0 Å². The number of benzene rings is 1. The minimum absolute atomic E-state index is 0.0543. The Morgan fingerprint density at radius 3 is 1.80 bits per heavy atom. The first-order chi connectivity index (χ1) is 19.7. The van der Waals surface area contributed by atoms with Crippen molar-refractivity contribution in [3.05, 3.63) is 42.5 Å². The summed E-state index contributed by atoms with van der Waals surface area (Å²) >= 11 is 0. The lowest BCUT2D eigenvalue weighted by atomic mass is 9.82. The molecule has 0 amide bonds. The van der Waals surface area contributed by atoms with Gasteiger partial charge in [0.25, 0.3) is 0 Å². The van der Waals surface area contributed by atoms with E-state index in [-0.39, 0.29) is 62.4 Å². The molecule has 1 N–H and O–H groups in total. The average molecular weight is 585 g/mol. The SMILES string of the molecule is C=C[C@H](O)[C@@H](C)[C@@H](OCOC)[C@@H](C)CC[C@@H](OCOC)[C@H](C)[C@H](OCOC)[C@H](C)CCOCc1ccc(OC)cc1. The maximum atomic E-state index is 10.4. The molecule has 0 saturated heterocycles. The van der Waals surface area contributed by atoms with E-state index in [1.807, 2.05) is 31.2 Å². The molecule has 8 atom stereocenters. The van der Waals surface area contributed by atoms with E-state index in [0.717, 1.165) is 30.6 Å². The lowest BCUT2D eigenvalue weighted by molar-refractivity contribution is -0.157. The minimum Gasteiger partial charge on any atom is -0.497 e. The Labute approximate surface area is 248 Å². The van der Waals surface area contributed by atoms with Gasteiger partial charge in [-0.3, -0.25) is 0 Å². The zero-order valence-electron chi connectivity index (χ0n) is 26.6. The molecule has 9 nitrogen and oxygen atoms in total. The number of aliphatic hydroxyl groups excluding tert-OH is 1. The second kappa shape index (κ2) is 22.0. The first-order valence-electron chi connectivity index (χ1n) is 14.6. The third-order valence-electron chi connectivity index (χ3n) is 7.73. The van der Waals surface area contributed by atoms with Crippen LogP contribution in [0.4, 0.5) is 0 Å². The monoisotopic (exact) mass is 584 g/mol. The lowest BCUT2D eigenvalue weighted by Crippen LogP contribution is -2.40. The fourth-order valence-electron chi connectivity index (χ4n) is 5.17. The Morgan fingerprint density at radius 2 is 1.27 bits per heavy atom. The summed E-state index contributed by atoms with van der Waals surface area (Å²) in [5.41, 5.74) is 1.10. The van der Waals surface area contributed by atoms with Crippen molar-refractivity contribution in [2.45, 2.75) is 78.0 Å². The van der Waals surface area contributed by atoms with Gasteiger partial charge in [-0.2, -0.15) is 0 Å².